The molecule has 0 aliphatic carbocycles. The van der Waals surface area contributed by atoms with Gasteiger partial charge in [0.2, 0.25) is 0 Å². The van der Waals surface area contributed by atoms with Crippen molar-refractivity contribution in [3.63, 3.8) is 0 Å². The summed E-state index contributed by atoms with van der Waals surface area (Å²) in [6.45, 7) is 0.497. The molecule has 0 saturated carbocycles. The summed E-state index contributed by atoms with van der Waals surface area (Å²) in [6.07, 6.45) is 0.548. The average molecular weight is 226 g/mol. The third kappa shape index (κ3) is 4.08. The Morgan fingerprint density at radius 3 is 2.25 bits per heavy atom. The molecule has 90 valence electrons. The van der Waals surface area contributed by atoms with E-state index in [4.69, 9.17) is 19.7 Å². The van der Waals surface area contributed by atoms with Gasteiger partial charge in [0.1, 0.15) is 11.5 Å². The van der Waals surface area contributed by atoms with Gasteiger partial charge < -0.3 is 19.7 Å². The third-order valence-corrected chi connectivity index (χ3v) is 2.34. The van der Waals surface area contributed by atoms with E-state index in [1.165, 1.54) is 0 Å². The number of methoxy groups -OCH3 is 1. The summed E-state index contributed by atoms with van der Waals surface area (Å²) in [4.78, 5) is 0. The van der Waals surface area contributed by atoms with Crippen LogP contribution in [0.5, 0.6) is 11.5 Å². The highest BCUT2D eigenvalue weighted by Gasteiger charge is 2.07. The van der Waals surface area contributed by atoms with Gasteiger partial charge in [-0.1, -0.05) is 0 Å². The van der Waals surface area contributed by atoms with Crippen molar-refractivity contribution < 1.29 is 19.7 Å². The summed E-state index contributed by atoms with van der Waals surface area (Å²) < 4.78 is 10.5. The van der Waals surface area contributed by atoms with Crippen molar-refractivity contribution in [2.24, 2.45) is 5.92 Å². The quantitative estimate of drug-likeness (QED) is 0.730. The highest BCUT2D eigenvalue weighted by molar-refractivity contribution is 5.31. The molecule has 0 aliphatic rings. The molecule has 0 aromatic heterocycles. The first-order valence-electron chi connectivity index (χ1n) is 5.28. The number of benzene rings is 1. The van der Waals surface area contributed by atoms with E-state index in [1.54, 1.807) is 7.11 Å². The second kappa shape index (κ2) is 7.09. The number of aliphatic hydroxyl groups excluding tert-OH is 2. The van der Waals surface area contributed by atoms with Crippen LogP contribution in [0, 0.1) is 5.92 Å². The fraction of sp³-hybridized carbons (Fsp3) is 0.500. The van der Waals surface area contributed by atoms with Crippen molar-refractivity contribution in [3.05, 3.63) is 24.3 Å². The lowest BCUT2D eigenvalue weighted by Crippen LogP contribution is -2.17. The molecule has 0 aliphatic heterocycles. The molecule has 0 saturated heterocycles. The van der Waals surface area contributed by atoms with Gasteiger partial charge in [0.05, 0.1) is 13.7 Å². The van der Waals surface area contributed by atoms with Gasteiger partial charge >= 0.3 is 0 Å². The zero-order valence-electron chi connectivity index (χ0n) is 9.43. The lowest BCUT2D eigenvalue weighted by atomic mass is 10.1. The highest BCUT2D eigenvalue weighted by atomic mass is 16.5. The second-order valence-corrected chi connectivity index (χ2v) is 3.55. The molecule has 0 spiro atoms. The van der Waals surface area contributed by atoms with Gasteiger partial charge in [-0.05, 0) is 30.7 Å². The van der Waals surface area contributed by atoms with Gasteiger partial charge in [-0.3, -0.25) is 0 Å². The van der Waals surface area contributed by atoms with E-state index in [9.17, 15) is 0 Å². The Labute approximate surface area is 95.4 Å². The van der Waals surface area contributed by atoms with Crippen molar-refractivity contribution in [2.45, 2.75) is 6.42 Å². The molecule has 0 heterocycles. The Morgan fingerprint density at radius 2 is 1.75 bits per heavy atom. The molecule has 1 aromatic rings. The SMILES string of the molecule is COc1ccc(OCC(CO)CCO)cc1. The number of hydrogen-bond acceptors (Lipinski definition) is 4. The van der Waals surface area contributed by atoms with Gasteiger partial charge in [-0.2, -0.15) is 0 Å². The molecule has 1 rings (SSSR count). The van der Waals surface area contributed by atoms with Crippen LogP contribution in [-0.4, -0.2) is 37.1 Å². The summed E-state index contributed by atoms with van der Waals surface area (Å²) in [6, 6.07) is 7.25. The van der Waals surface area contributed by atoms with Crippen LogP contribution >= 0.6 is 0 Å². The predicted molar refractivity (Wildman–Crippen MR) is 60.8 cm³/mol. The normalized spacial score (nSPS) is 12.2. The molecule has 1 unspecified atom stereocenters. The largest absolute Gasteiger partial charge is 0.497 e. The minimum atomic E-state index is -0.0212. The lowest BCUT2D eigenvalue weighted by Gasteiger charge is -2.14. The Bertz CT molecular complexity index is 284. The molecule has 16 heavy (non-hydrogen) atoms. The maximum absolute atomic E-state index is 9.01. The van der Waals surface area contributed by atoms with Gasteiger partial charge in [0.15, 0.2) is 0 Å². The smallest absolute Gasteiger partial charge is 0.119 e. The topological polar surface area (TPSA) is 58.9 Å². The maximum atomic E-state index is 9.01. The minimum Gasteiger partial charge on any atom is -0.497 e. The van der Waals surface area contributed by atoms with E-state index in [1.807, 2.05) is 24.3 Å². The Kier molecular flexibility index (Phi) is 5.67. The van der Waals surface area contributed by atoms with Gasteiger partial charge in [-0.15, -0.1) is 0 Å². The van der Waals surface area contributed by atoms with Crippen LogP contribution in [0.25, 0.3) is 0 Å². The van der Waals surface area contributed by atoms with Crippen LogP contribution < -0.4 is 9.47 Å². The van der Waals surface area contributed by atoms with Gasteiger partial charge in [0, 0.05) is 19.1 Å². The number of hydrogen-bond donors (Lipinski definition) is 2. The van der Waals surface area contributed by atoms with Crippen molar-refractivity contribution in [2.75, 3.05) is 26.9 Å². The van der Waals surface area contributed by atoms with Crippen molar-refractivity contribution in [3.8, 4) is 11.5 Å². The minimum absolute atomic E-state index is 0.0212. The zero-order valence-corrected chi connectivity index (χ0v) is 9.43. The van der Waals surface area contributed by atoms with Crippen LogP contribution in [0.1, 0.15) is 6.42 Å². The summed E-state index contributed by atoms with van der Waals surface area (Å²) >= 11 is 0. The molecule has 0 fully saturated rings. The van der Waals surface area contributed by atoms with E-state index < -0.39 is 0 Å². The molecule has 2 N–H and O–H groups in total. The average Bonchev–Trinajstić information content (AvgIpc) is 2.35. The van der Waals surface area contributed by atoms with Crippen molar-refractivity contribution >= 4 is 0 Å². The fourth-order valence-corrected chi connectivity index (χ4v) is 1.30. The molecule has 0 bridgehead atoms. The molecule has 4 nitrogen and oxygen atoms in total. The van der Waals surface area contributed by atoms with E-state index >= 15 is 0 Å². The predicted octanol–water partition coefficient (Wildman–Crippen LogP) is 1.06. The monoisotopic (exact) mass is 226 g/mol. The maximum Gasteiger partial charge on any atom is 0.119 e. The van der Waals surface area contributed by atoms with Crippen LogP contribution in [-0.2, 0) is 0 Å². The first-order valence-corrected chi connectivity index (χ1v) is 5.28. The Hall–Kier alpha value is -1.26. The van der Waals surface area contributed by atoms with Gasteiger partial charge in [0.25, 0.3) is 0 Å². The fourth-order valence-electron chi connectivity index (χ4n) is 1.30. The molecular formula is C12H18O4. The zero-order chi connectivity index (χ0) is 11.8. The molecular weight excluding hydrogens is 208 g/mol. The number of rotatable bonds is 7. The summed E-state index contributed by atoms with van der Waals surface area (Å²) in [5.41, 5.74) is 0. The van der Waals surface area contributed by atoms with Crippen molar-refractivity contribution in [1.29, 1.82) is 0 Å². The summed E-state index contributed by atoms with van der Waals surface area (Å²) in [5.74, 6) is 1.49. The van der Waals surface area contributed by atoms with Crippen LogP contribution in [0.15, 0.2) is 24.3 Å². The van der Waals surface area contributed by atoms with E-state index in [-0.39, 0.29) is 19.1 Å². The molecule has 4 heteroatoms. The Balaban J connectivity index is 2.40. The second-order valence-electron chi connectivity index (χ2n) is 3.55. The van der Waals surface area contributed by atoms with Crippen LogP contribution in [0.4, 0.5) is 0 Å². The molecule has 0 radical (unpaired) electrons. The van der Waals surface area contributed by atoms with E-state index in [2.05, 4.69) is 0 Å². The van der Waals surface area contributed by atoms with Crippen LogP contribution in [0.2, 0.25) is 0 Å². The number of ether oxygens (including phenoxy) is 2. The molecule has 0 amide bonds. The standard InChI is InChI=1S/C12H18O4/c1-15-11-2-4-12(5-3-11)16-9-10(8-14)6-7-13/h2-5,10,13-14H,6-9H2,1H3. The molecule has 1 aromatic carbocycles. The van der Waals surface area contributed by atoms with Crippen LogP contribution in [0.3, 0.4) is 0 Å². The van der Waals surface area contributed by atoms with E-state index in [0.29, 0.717) is 13.0 Å². The van der Waals surface area contributed by atoms with Gasteiger partial charge in [-0.25, -0.2) is 0 Å². The number of aliphatic hydroxyl groups is 2. The van der Waals surface area contributed by atoms with Crippen molar-refractivity contribution in [1.82, 2.24) is 0 Å². The molecule has 1 atom stereocenters. The summed E-state index contributed by atoms with van der Waals surface area (Å²) in [7, 11) is 1.61. The van der Waals surface area contributed by atoms with E-state index in [0.717, 1.165) is 11.5 Å². The first-order chi connectivity index (χ1) is 7.80. The highest BCUT2D eigenvalue weighted by Crippen LogP contribution is 2.17. The third-order valence-electron chi connectivity index (χ3n) is 2.34. The first kappa shape index (κ1) is 12.8. The Morgan fingerprint density at radius 1 is 1.12 bits per heavy atom. The lowest BCUT2D eigenvalue weighted by molar-refractivity contribution is 0.134. The summed E-state index contributed by atoms with van der Waals surface area (Å²) in [5, 5.41) is 17.8.